The summed E-state index contributed by atoms with van der Waals surface area (Å²) in [7, 11) is 3.25. The van der Waals surface area contributed by atoms with E-state index in [1.807, 2.05) is 83.1 Å². The molecule has 0 aromatic rings. The van der Waals surface area contributed by atoms with Gasteiger partial charge in [-0.2, -0.15) is 0 Å². The van der Waals surface area contributed by atoms with E-state index >= 15 is 0 Å². The molecule has 1 fully saturated rings. The first kappa shape index (κ1) is 49.7. The Labute approximate surface area is 288 Å². The van der Waals surface area contributed by atoms with Gasteiger partial charge in [-0.1, -0.05) is 60.2 Å². The van der Waals surface area contributed by atoms with E-state index < -0.39 is 35.4 Å². The fourth-order valence-corrected chi connectivity index (χ4v) is 5.42. The number of methoxy groups -OCH3 is 2. The first-order chi connectivity index (χ1) is 22.1. The molecule has 47 heavy (non-hydrogen) atoms. The summed E-state index contributed by atoms with van der Waals surface area (Å²) in [6, 6.07) is 0. The Morgan fingerprint density at radius 1 is 0.915 bits per heavy atom. The zero-order chi connectivity index (χ0) is 37.2. The minimum Gasteiger partial charge on any atom is -0.492 e. The minimum atomic E-state index is -1.63. The van der Waals surface area contributed by atoms with E-state index in [2.05, 4.69) is 23.6 Å². The molecule has 1 aliphatic rings. The molecule has 9 atom stereocenters. The van der Waals surface area contributed by atoms with Crippen LogP contribution in [0, 0.1) is 35.5 Å². The summed E-state index contributed by atoms with van der Waals surface area (Å²) in [6.07, 6.45) is -1.10. The van der Waals surface area contributed by atoms with Crippen LogP contribution in [0.15, 0.2) is 17.5 Å². The van der Waals surface area contributed by atoms with Gasteiger partial charge in [-0.25, -0.2) is 0 Å². The summed E-state index contributed by atoms with van der Waals surface area (Å²) in [6.45, 7) is 31.2. The predicted octanol–water partition coefficient (Wildman–Crippen LogP) is 6.60. The average molecular weight is 676 g/mol. The Kier molecular flexibility index (Phi) is 29.8. The lowest BCUT2D eigenvalue weighted by Gasteiger charge is -2.42. The number of aliphatic hydroxyl groups is 3. The first-order valence-corrected chi connectivity index (χ1v) is 17.2. The average Bonchev–Trinajstić information content (AvgIpc) is 3.06. The Morgan fingerprint density at radius 2 is 1.47 bits per heavy atom. The van der Waals surface area contributed by atoms with Crippen LogP contribution in [-0.2, 0) is 28.5 Å². The Bertz CT molecular complexity index is 862. The van der Waals surface area contributed by atoms with Crippen LogP contribution in [0.2, 0.25) is 0 Å². The summed E-state index contributed by atoms with van der Waals surface area (Å²) < 4.78 is 27.2. The summed E-state index contributed by atoms with van der Waals surface area (Å²) in [4.78, 5) is 5.46. The SMILES string of the molecule is C=C1O[C@H](CC)[C@@](C)(O)C(O)C(C)/C(=N/OCOCCOC)[C@H](C)C[C@@](C)(OC)C[C@@H](C)[C@H](O)C1C.CC.CC#CC.CCOCC. The molecule has 3 unspecified atom stereocenters. The molecule has 1 aliphatic heterocycles. The maximum Gasteiger partial charge on any atom is 0.216 e. The van der Waals surface area contributed by atoms with Crippen LogP contribution in [-0.4, -0.2) is 98.0 Å². The first-order valence-electron chi connectivity index (χ1n) is 17.2. The lowest BCUT2D eigenvalue weighted by molar-refractivity contribution is -0.156. The second-order valence-electron chi connectivity index (χ2n) is 12.1. The van der Waals surface area contributed by atoms with Gasteiger partial charge in [0.05, 0.1) is 42.5 Å². The van der Waals surface area contributed by atoms with Gasteiger partial charge in [0.25, 0.3) is 0 Å². The van der Waals surface area contributed by atoms with Crippen LogP contribution in [0.5, 0.6) is 0 Å². The van der Waals surface area contributed by atoms with E-state index in [1.165, 1.54) is 0 Å². The summed E-state index contributed by atoms with van der Waals surface area (Å²) in [5.41, 5.74) is -1.63. The second kappa shape index (κ2) is 28.2. The van der Waals surface area contributed by atoms with Gasteiger partial charge in [0.1, 0.15) is 11.7 Å². The molecule has 0 amide bonds. The van der Waals surface area contributed by atoms with Crippen molar-refractivity contribution in [2.45, 2.75) is 139 Å². The van der Waals surface area contributed by atoms with Crippen LogP contribution in [0.3, 0.4) is 0 Å². The zero-order valence-corrected chi connectivity index (χ0v) is 32.6. The molecule has 10 nitrogen and oxygen atoms in total. The number of hydrogen-bond acceptors (Lipinski definition) is 10. The second-order valence-corrected chi connectivity index (χ2v) is 12.1. The van der Waals surface area contributed by atoms with E-state index in [-0.39, 0.29) is 24.5 Å². The highest BCUT2D eigenvalue weighted by atomic mass is 16.7. The Morgan fingerprint density at radius 3 is 1.89 bits per heavy atom. The third-order valence-electron chi connectivity index (χ3n) is 8.34. The van der Waals surface area contributed by atoms with E-state index in [0.29, 0.717) is 43.9 Å². The van der Waals surface area contributed by atoms with Gasteiger partial charge in [0.15, 0.2) is 0 Å². The summed E-state index contributed by atoms with van der Waals surface area (Å²) in [5.74, 6) is 4.51. The van der Waals surface area contributed by atoms with Gasteiger partial charge in [-0.15, -0.1) is 11.8 Å². The van der Waals surface area contributed by atoms with Crippen molar-refractivity contribution in [3.63, 3.8) is 0 Å². The molecule has 0 aromatic carbocycles. The van der Waals surface area contributed by atoms with E-state index in [0.717, 1.165) is 13.2 Å². The smallest absolute Gasteiger partial charge is 0.216 e. The van der Waals surface area contributed by atoms with Gasteiger partial charge in [0.2, 0.25) is 6.79 Å². The molecule has 3 N–H and O–H groups in total. The van der Waals surface area contributed by atoms with Crippen molar-refractivity contribution in [1.82, 2.24) is 0 Å². The highest BCUT2D eigenvalue weighted by Gasteiger charge is 2.46. The van der Waals surface area contributed by atoms with Crippen molar-refractivity contribution in [3.05, 3.63) is 12.3 Å². The monoisotopic (exact) mass is 676 g/mol. The lowest BCUT2D eigenvalue weighted by atomic mass is 9.75. The molecule has 0 saturated carbocycles. The maximum absolute atomic E-state index is 11.5. The standard InChI is InChI=1S/C27H51NO8.C4H10O.C4H6.C2H6/c1-11-22-27(8,31)25(30)20(5)23(28-35-16-34-13-12-32-9)17(2)14-26(7,33-10)15-18(3)24(29)19(4)21(6)36-22;1-3-5-4-2;1-3-4-2;1-2/h17-20,22,24-25,29-31H,6,11-16H2,1-5,7-10H3;3-4H2,1-2H3;1-2H3;1-2H3/b28-23+;;;/t17-,18-,19?,20?,22-,24+,25?,26-,27-;;;/m1.../s1. The third kappa shape index (κ3) is 19.2. The highest BCUT2D eigenvalue weighted by Crippen LogP contribution is 2.37. The van der Waals surface area contributed by atoms with Gasteiger partial charge in [-0.3, -0.25) is 0 Å². The van der Waals surface area contributed by atoms with E-state index in [4.69, 9.17) is 28.5 Å². The third-order valence-corrected chi connectivity index (χ3v) is 8.34. The fourth-order valence-electron chi connectivity index (χ4n) is 5.42. The van der Waals surface area contributed by atoms with Crippen molar-refractivity contribution in [2.24, 2.45) is 28.8 Å². The molecule has 1 saturated heterocycles. The molecule has 280 valence electrons. The molecule has 1 heterocycles. The van der Waals surface area contributed by atoms with Crippen molar-refractivity contribution >= 4 is 5.71 Å². The number of oxime groups is 1. The fraction of sp³-hybridized carbons (Fsp3) is 0.865. The molecule has 0 radical (unpaired) electrons. The van der Waals surface area contributed by atoms with E-state index in [1.54, 1.807) is 21.1 Å². The van der Waals surface area contributed by atoms with Crippen LogP contribution < -0.4 is 0 Å². The molecular weight excluding hydrogens is 602 g/mol. The topological polar surface area (TPSA) is 128 Å². The lowest BCUT2D eigenvalue weighted by Crippen LogP contribution is -2.55. The maximum atomic E-state index is 11.5. The number of hydrogen-bond donors (Lipinski definition) is 3. The van der Waals surface area contributed by atoms with Crippen LogP contribution in [0.25, 0.3) is 0 Å². The van der Waals surface area contributed by atoms with Gasteiger partial charge in [0, 0.05) is 45.2 Å². The molecule has 0 aromatic heterocycles. The van der Waals surface area contributed by atoms with Crippen LogP contribution in [0.4, 0.5) is 0 Å². The van der Waals surface area contributed by atoms with Gasteiger partial charge in [-0.05, 0) is 66.7 Å². The molecule has 0 spiro atoms. The molecule has 0 aliphatic carbocycles. The highest BCUT2D eigenvalue weighted by molar-refractivity contribution is 5.88. The van der Waals surface area contributed by atoms with E-state index in [9.17, 15) is 15.3 Å². The van der Waals surface area contributed by atoms with Gasteiger partial charge >= 0.3 is 0 Å². The summed E-state index contributed by atoms with van der Waals surface area (Å²) in [5, 5.41) is 38.3. The number of aliphatic hydroxyl groups excluding tert-OH is 2. The summed E-state index contributed by atoms with van der Waals surface area (Å²) >= 11 is 0. The van der Waals surface area contributed by atoms with Crippen LogP contribution >= 0.6 is 0 Å². The number of nitrogens with zero attached hydrogens (tertiary/aromatic N) is 1. The Hall–Kier alpha value is -1.71. The van der Waals surface area contributed by atoms with Crippen molar-refractivity contribution < 1.29 is 43.8 Å². The Balaban J connectivity index is -0.00000152. The molecular formula is C37H73NO9. The predicted molar refractivity (Wildman–Crippen MR) is 192 cm³/mol. The van der Waals surface area contributed by atoms with Crippen LogP contribution in [0.1, 0.15) is 109 Å². The largest absolute Gasteiger partial charge is 0.492 e. The van der Waals surface area contributed by atoms with Crippen molar-refractivity contribution in [1.29, 1.82) is 0 Å². The quantitative estimate of drug-likeness (QED) is 0.102. The van der Waals surface area contributed by atoms with Crippen molar-refractivity contribution in [3.8, 4) is 11.8 Å². The minimum absolute atomic E-state index is 0.0675. The molecule has 1 rings (SSSR count). The number of rotatable bonds is 10. The number of ether oxygens (including phenoxy) is 5. The molecule has 0 bridgehead atoms. The normalized spacial score (nSPS) is 32.3. The van der Waals surface area contributed by atoms with Gasteiger partial charge < -0.3 is 43.8 Å². The zero-order valence-electron chi connectivity index (χ0n) is 32.6. The van der Waals surface area contributed by atoms with Crippen molar-refractivity contribution in [2.75, 3.05) is 47.4 Å². The molecule has 10 heteroatoms.